The van der Waals surface area contributed by atoms with E-state index in [1.165, 1.54) is 78.8 Å². The van der Waals surface area contributed by atoms with Crippen molar-refractivity contribution in [1.82, 2.24) is 0 Å². The second-order valence-electron chi connectivity index (χ2n) is 11.7. The fourth-order valence-electron chi connectivity index (χ4n) is 4.91. The average molecular weight is 781 g/mol. The van der Waals surface area contributed by atoms with Crippen LogP contribution in [-0.4, -0.2) is 17.3 Å². The van der Waals surface area contributed by atoms with Gasteiger partial charge in [-0.25, -0.2) is 0 Å². The molecule has 51 heavy (non-hydrogen) atoms. The lowest BCUT2D eigenvalue weighted by atomic mass is 10.1. The van der Waals surface area contributed by atoms with Crippen molar-refractivity contribution in [2.45, 2.75) is 69.4 Å². The highest BCUT2D eigenvalue weighted by Crippen LogP contribution is 2.28. The molecular weight excluding hydrogens is 733 g/mol. The Morgan fingerprint density at radius 2 is 0.608 bits per heavy atom. The maximum atomic E-state index is 4.30. The van der Waals surface area contributed by atoms with E-state index in [4.69, 9.17) is 0 Å². The predicted molar refractivity (Wildman–Crippen MR) is 240 cm³/mol. The summed E-state index contributed by atoms with van der Waals surface area (Å²) in [5, 5.41) is 0. The molecule has 6 aromatic carbocycles. The lowest BCUT2D eigenvalue weighted by Gasteiger charge is -2.04. The highest BCUT2D eigenvalue weighted by molar-refractivity contribution is 7.99. The number of benzene rings is 6. The van der Waals surface area contributed by atoms with Crippen LogP contribution in [0.1, 0.15) is 40.0 Å². The third-order valence-corrected chi connectivity index (χ3v) is 11.8. The Hall–Kier alpha value is -2.58. The highest BCUT2D eigenvalue weighted by atomic mass is 32.2. The van der Waals surface area contributed by atoms with Gasteiger partial charge in [-0.1, -0.05) is 100.0 Å². The molecule has 0 fully saturated rings. The van der Waals surface area contributed by atoms with Gasteiger partial charge in [0.25, 0.3) is 0 Å². The minimum absolute atomic E-state index is 1.00. The van der Waals surface area contributed by atoms with Crippen molar-refractivity contribution in [3.8, 4) is 33.4 Å². The first kappa shape index (κ1) is 41.2. The molecule has 0 N–H and O–H groups in total. The van der Waals surface area contributed by atoms with E-state index in [0.717, 1.165) is 20.4 Å². The summed E-state index contributed by atoms with van der Waals surface area (Å²) in [4.78, 5) is 7.05. The van der Waals surface area contributed by atoms with Crippen molar-refractivity contribution in [3.05, 3.63) is 146 Å². The Kier molecular flexibility index (Phi) is 18.7. The summed E-state index contributed by atoms with van der Waals surface area (Å²) in [5.74, 6) is 3.52. The van der Waals surface area contributed by atoms with Gasteiger partial charge in [0.05, 0.1) is 0 Å². The molecule has 0 saturated heterocycles. The van der Waals surface area contributed by atoms with Gasteiger partial charge in [0.15, 0.2) is 0 Å². The Balaban J connectivity index is 0.000000172. The summed E-state index contributed by atoms with van der Waals surface area (Å²) in [7, 11) is 0. The van der Waals surface area contributed by atoms with Crippen LogP contribution in [0, 0.1) is 0 Å². The first-order chi connectivity index (χ1) is 24.9. The van der Waals surface area contributed by atoms with E-state index < -0.39 is 0 Å². The van der Waals surface area contributed by atoms with Crippen LogP contribution < -0.4 is 0 Å². The molecule has 0 aliphatic rings. The molecule has 6 aromatic rings. The van der Waals surface area contributed by atoms with Crippen molar-refractivity contribution < 1.29 is 0 Å². The summed E-state index contributed by atoms with van der Waals surface area (Å²) in [5.41, 5.74) is 7.52. The number of thioether (sulfide) groups is 3. The average Bonchev–Trinajstić information content (AvgIpc) is 3.17. The molecule has 264 valence electrons. The molecule has 0 unspecified atom stereocenters. The molecule has 0 aliphatic carbocycles. The monoisotopic (exact) mass is 780 g/mol. The zero-order valence-electron chi connectivity index (χ0n) is 29.7. The van der Waals surface area contributed by atoms with Gasteiger partial charge < -0.3 is 0 Å². The molecule has 0 aromatic heterocycles. The van der Waals surface area contributed by atoms with Gasteiger partial charge in [-0.05, 0) is 136 Å². The van der Waals surface area contributed by atoms with Gasteiger partial charge in [0.1, 0.15) is 0 Å². The fourth-order valence-corrected chi connectivity index (χ4v) is 7.79. The zero-order chi connectivity index (χ0) is 36.3. The Morgan fingerprint density at radius 1 is 0.333 bits per heavy atom. The van der Waals surface area contributed by atoms with Crippen LogP contribution in [0.5, 0.6) is 0 Å². The van der Waals surface area contributed by atoms with E-state index in [-0.39, 0.29) is 0 Å². The molecule has 0 bridgehead atoms. The van der Waals surface area contributed by atoms with E-state index in [1.54, 1.807) is 0 Å². The smallest absolute Gasteiger partial charge is 0.00723 e. The van der Waals surface area contributed by atoms with E-state index in [0.29, 0.717) is 0 Å². The summed E-state index contributed by atoms with van der Waals surface area (Å²) in [6, 6.07) is 51.1. The van der Waals surface area contributed by atoms with Crippen molar-refractivity contribution >= 4 is 73.2 Å². The van der Waals surface area contributed by atoms with Crippen molar-refractivity contribution in [2.75, 3.05) is 17.3 Å². The molecule has 0 atom stereocenters. The van der Waals surface area contributed by atoms with Crippen LogP contribution in [0.3, 0.4) is 0 Å². The number of hydrogen-bond donors (Lipinski definition) is 3. The van der Waals surface area contributed by atoms with Crippen molar-refractivity contribution in [1.29, 1.82) is 0 Å². The second kappa shape index (κ2) is 23.2. The van der Waals surface area contributed by atoms with Crippen LogP contribution in [0.15, 0.2) is 175 Å². The quantitative estimate of drug-likeness (QED) is 0.0643. The maximum absolute atomic E-state index is 4.30. The molecule has 0 heterocycles. The first-order valence-corrected chi connectivity index (χ1v) is 21.7. The van der Waals surface area contributed by atoms with E-state index in [1.807, 2.05) is 71.7 Å². The standard InChI is InChI=1S/C16H18S2.C15H16S2.C14H14S2/c1-2-3-12-18-16-10-6-14(7-11-16)13-4-8-15(17)9-5-13;1-2-11-17-15-9-5-13(6-10-15)12-3-7-14(16)8-4-12;1-2-16-14-9-5-12(6-10-14)11-3-7-13(15)8-4-11/h4-11,17H,2-3,12H2,1H3;3-10,16H,2,11H2,1H3;3-10,15H,2H2,1H3. The molecular formula is C45H48S6. The van der Waals surface area contributed by atoms with E-state index in [9.17, 15) is 0 Å². The van der Waals surface area contributed by atoms with E-state index >= 15 is 0 Å². The summed E-state index contributed by atoms with van der Waals surface area (Å²) >= 11 is 18.6. The minimum atomic E-state index is 1.00. The van der Waals surface area contributed by atoms with Crippen LogP contribution >= 0.6 is 73.2 Å². The molecule has 0 aliphatic heterocycles. The number of rotatable bonds is 12. The lowest BCUT2D eigenvalue weighted by molar-refractivity contribution is 0.896. The molecule has 0 nitrogen and oxygen atoms in total. The topological polar surface area (TPSA) is 0 Å². The van der Waals surface area contributed by atoms with E-state index in [2.05, 4.69) is 168 Å². The molecule has 0 saturated carbocycles. The summed E-state index contributed by atoms with van der Waals surface area (Å²) in [6.07, 6.45) is 3.77. The molecule has 6 rings (SSSR count). The number of thiol groups is 3. The van der Waals surface area contributed by atoms with Crippen LogP contribution in [0.25, 0.3) is 33.4 Å². The van der Waals surface area contributed by atoms with Gasteiger partial charge in [0, 0.05) is 29.4 Å². The molecule has 0 radical (unpaired) electrons. The Morgan fingerprint density at radius 3 is 0.882 bits per heavy atom. The summed E-state index contributed by atoms with van der Waals surface area (Å²) < 4.78 is 0. The first-order valence-electron chi connectivity index (χ1n) is 17.4. The van der Waals surface area contributed by atoms with Gasteiger partial charge in [-0.2, -0.15) is 0 Å². The van der Waals surface area contributed by atoms with Gasteiger partial charge in [-0.3, -0.25) is 0 Å². The normalized spacial score (nSPS) is 10.5. The largest absolute Gasteiger partial charge is 0.143 e. The van der Waals surface area contributed by atoms with Crippen LogP contribution in [-0.2, 0) is 0 Å². The molecule has 0 spiro atoms. The van der Waals surface area contributed by atoms with Crippen LogP contribution in [0.4, 0.5) is 0 Å². The van der Waals surface area contributed by atoms with Crippen molar-refractivity contribution in [2.24, 2.45) is 0 Å². The number of unbranched alkanes of at least 4 members (excludes halogenated alkanes) is 1. The Labute approximate surface area is 336 Å². The highest BCUT2D eigenvalue weighted by Gasteiger charge is 2.01. The van der Waals surface area contributed by atoms with Crippen molar-refractivity contribution in [3.63, 3.8) is 0 Å². The van der Waals surface area contributed by atoms with Crippen LogP contribution in [0.2, 0.25) is 0 Å². The minimum Gasteiger partial charge on any atom is -0.143 e. The third kappa shape index (κ3) is 14.8. The van der Waals surface area contributed by atoms with Gasteiger partial charge in [-0.15, -0.1) is 73.2 Å². The predicted octanol–water partition coefficient (Wildman–Crippen LogP) is 15.4. The molecule has 6 heteroatoms. The fraction of sp³-hybridized carbons (Fsp3) is 0.200. The van der Waals surface area contributed by atoms with Gasteiger partial charge in [0.2, 0.25) is 0 Å². The molecule has 0 amide bonds. The SMILES string of the molecule is CCCCSc1ccc(-c2ccc(S)cc2)cc1.CCCSc1ccc(-c2ccc(S)cc2)cc1.CCSc1ccc(-c2ccc(S)cc2)cc1. The number of hydrogen-bond acceptors (Lipinski definition) is 6. The summed E-state index contributed by atoms with van der Waals surface area (Å²) in [6.45, 7) is 6.61. The van der Waals surface area contributed by atoms with Gasteiger partial charge >= 0.3 is 0 Å². The second-order valence-corrected chi connectivity index (χ2v) is 16.9. The Bertz CT molecular complexity index is 1810. The lowest BCUT2D eigenvalue weighted by Crippen LogP contribution is -1.80. The zero-order valence-corrected chi connectivity index (χ0v) is 34.8. The maximum Gasteiger partial charge on any atom is 0.00723 e. The third-order valence-electron chi connectivity index (χ3n) is 7.72.